The van der Waals surface area contributed by atoms with Crippen LogP contribution in [-0.4, -0.2) is 32.3 Å². The summed E-state index contributed by atoms with van der Waals surface area (Å²) in [5.74, 6) is 1.68. The van der Waals surface area contributed by atoms with Gasteiger partial charge < -0.3 is 19.9 Å². The fourth-order valence-corrected chi connectivity index (χ4v) is 6.62. The van der Waals surface area contributed by atoms with Gasteiger partial charge in [0.25, 0.3) is 5.91 Å². The number of nitrogens with one attached hydrogen (secondary N) is 2. The largest absolute Gasteiger partial charge is 0.495 e. The number of rotatable bonds is 9. The summed E-state index contributed by atoms with van der Waals surface area (Å²) in [6, 6.07) is 35.9. The van der Waals surface area contributed by atoms with Crippen molar-refractivity contribution in [2.45, 2.75) is 30.4 Å². The van der Waals surface area contributed by atoms with Crippen LogP contribution in [0.2, 0.25) is 0 Å². The maximum atomic E-state index is 14.3. The number of anilines is 2. The molecule has 2 aromatic heterocycles. The molecule has 0 radical (unpaired) electrons. The number of benzene rings is 4. The summed E-state index contributed by atoms with van der Waals surface area (Å²) >= 11 is 1.57. The molecule has 0 spiro atoms. The molecule has 2 N–H and O–H groups in total. The lowest BCUT2D eigenvalue weighted by atomic mass is 9.94. The molecule has 4 aromatic carbocycles. The van der Waals surface area contributed by atoms with Gasteiger partial charge in [-0.3, -0.25) is 4.79 Å². The lowest BCUT2D eigenvalue weighted by Crippen LogP contribution is -2.31. The minimum Gasteiger partial charge on any atom is -0.495 e. The molecular formula is C36H32N6O2S. The minimum absolute atomic E-state index is 0.242. The third-order valence-electron chi connectivity index (χ3n) is 7.95. The first kappa shape index (κ1) is 28.5. The number of hydrogen-bond donors (Lipinski definition) is 2. The van der Waals surface area contributed by atoms with Crippen molar-refractivity contribution >= 4 is 40.2 Å². The number of carbonyl (C=O) groups is 1. The number of carbonyl (C=O) groups excluding carboxylic acids is 1. The Morgan fingerprint density at radius 2 is 1.60 bits per heavy atom. The average Bonchev–Trinajstić information content (AvgIpc) is 3.65. The van der Waals surface area contributed by atoms with E-state index in [-0.39, 0.29) is 5.91 Å². The van der Waals surface area contributed by atoms with Gasteiger partial charge in [0.05, 0.1) is 18.4 Å². The van der Waals surface area contributed by atoms with Crippen molar-refractivity contribution in [1.82, 2.24) is 19.3 Å². The van der Waals surface area contributed by atoms with Crippen LogP contribution in [0.4, 0.5) is 11.6 Å². The average molecular weight is 613 g/mol. The van der Waals surface area contributed by atoms with Gasteiger partial charge in [0, 0.05) is 40.7 Å². The van der Waals surface area contributed by atoms with Gasteiger partial charge in [-0.15, -0.1) is 5.10 Å². The van der Waals surface area contributed by atoms with Crippen LogP contribution in [0, 0.1) is 0 Å². The normalized spacial score (nSPS) is 14.2. The van der Waals surface area contributed by atoms with Crippen LogP contribution >= 0.6 is 11.8 Å². The zero-order valence-electron chi connectivity index (χ0n) is 25.0. The molecule has 1 unspecified atom stereocenters. The number of aromatic nitrogens is 4. The Morgan fingerprint density at radius 1 is 0.911 bits per heavy atom. The second-order valence-corrected chi connectivity index (χ2v) is 11.8. The topological polar surface area (TPSA) is 86.0 Å². The number of thioether (sulfide) groups is 1. The van der Waals surface area contributed by atoms with Crippen molar-refractivity contribution in [3.63, 3.8) is 0 Å². The smallest absolute Gasteiger partial charge is 0.255 e. The molecule has 7 rings (SSSR count). The lowest BCUT2D eigenvalue weighted by molar-refractivity contribution is -0.113. The zero-order valence-corrected chi connectivity index (χ0v) is 25.8. The predicted molar refractivity (Wildman–Crippen MR) is 180 cm³/mol. The Bertz CT molecular complexity index is 2020. The fourth-order valence-electron chi connectivity index (χ4n) is 5.84. The second kappa shape index (κ2) is 12.4. The first-order chi connectivity index (χ1) is 22.1. The molecule has 0 saturated carbocycles. The van der Waals surface area contributed by atoms with Crippen LogP contribution in [0.3, 0.4) is 0 Å². The summed E-state index contributed by atoms with van der Waals surface area (Å²) in [6.07, 6.45) is 2.15. The SMILES string of the molecule is COc1ccccc1NC(=O)C1=C(C)Nc2nc(SCc3ccccc3)nn2C1c1cn(Cc2ccccc2)c2ccccc12. The molecule has 0 saturated heterocycles. The molecule has 6 aromatic rings. The van der Waals surface area contributed by atoms with Crippen LogP contribution in [0.5, 0.6) is 5.75 Å². The van der Waals surface area contributed by atoms with Crippen molar-refractivity contribution in [2.75, 3.05) is 17.7 Å². The van der Waals surface area contributed by atoms with E-state index in [9.17, 15) is 4.79 Å². The number of nitrogens with zero attached hydrogens (tertiary/aromatic N) is 4. The fraction of sp³-hybridized carbons (Fsp3) is 0.139. The Morgan fingerprint density at radius 3 is 2.38 bits per heavy atom. The maximum Gasteiger partial charge on any atom is 0.255 e. The van der Waals surface area contributed by atoms with E-state index in [2.05, 4.69) is 69.9 Å². The zero-order chi connectivity index (χ0) is 30.8. The van der Waals surface area contributed by atoms with Crippen LogP contribution in [0.1, 0.15) is 29.7 Å². The summed E-state index contributed by atoms with van der Waals surface area (Å²) in [5.41, 5.74) is 6.30. The number of fused-ring (bicyclic) bond motifs is 2. The number of allylic oxidation sites excluding steroid dienone is 1. The van der Waals surface area contributed by atoms with E-state index in [0.717, 1.165) is 22.2 Å². The summed E-state index contributed by atoms with van der Waals surface area (Å²) < 4.78 is 9.63. The minimum atomic E-state index is -0.531. The van der Waals surface area contributed by atoms with E-state index in [0.29, 0.717) is 40.4 Å². The first-order valence-corrected chi connectivity index (χ1v) is 15.7. The molecule has 8 nitrogen and oxygen atoms in total. The molecule has 0 aliphatic carbocycles. The highest BCUT2D eigenvalue weighted by Gasteiger charge is 2.36. The molecule has 1 atom stereocenters. The van der Waals surface area contributed by atoms with Crippen molar-refractivity contribution < 1.29 is 9.53 Å². The molecule has 1 aliphatic rings. The molecule has 9 heteroatoms. The second-order valence-electron chi connectivity index (χ2n) is 10.9. The Labute approximate surface area is 265 Å². The van der Waals surface area contributed by atoms with Crippen LogP contribution in [0.15, 0.2) is 132 Å². The monoisotopic (exact) mass is 612 g/mol. The quantitative estimate of drug-likeness (QED) is 0.164. The molecule has 1 aliphatic heterocycles. The first-order valence-electron chi connectivity index (χ1n) is 14.8. The number of para-hydroxylation sites is 3. The van der Waals surface area contributed by atoms with Gasteiger partial charge in [-0.1, -0.05) is 103 Å². The molecule has 0 bridgehead atoms. The van der Waals surface area contributed by atoms with E-state index in [1.54, 1.807) is 18.9 Å². The van der Waals surface area contributed by atoms with Crippen LogP contribution < -0.4 is 15.4 Å². The Balaban J connectivity index is 1.33. The molecule has 1 amide bonds. The summed E-state index contributed by atoms with van der Waals surface area (Å²) in [4.78, 5) is 19.1. The number of ether oxygens (including phenoxy) is 1. The van der Waals surface area contributed by atoms with E-state index in [1.165, 1.54) is 11.1 Å². The van der Waals surface area contributed by atoms with Gasteiger partial charge in [-0.25, -0.2) is 4.68 Å². The van der Waals surface area contributed by atoms with Gasteiger partial charge in [-0.05, 0) is 36.2 Å². The van der Waals surface area contributed by atoms with Crippen molar-refractivity contribution in [3.8, 4) is 5.75 Å². The van der Waals surface area contributed by atoms with Gasteiger partial charge in [0.15, 0.2) is 0 Å². The Kier molecular flexibility index (Phi) is 7.83. The summed E-state index contributed by atoms with van der Waals surface area (Å²) in [7, 11) is 1.60. The van der Waals surface area contributed by atoms with E-state index in [1.807, 2.05) is 72.3 Å². The number of methoxy groups -OCH3 is 1. The summed E-state index contributed by atoms with van der Waals surface area (Å²) in [6.45, 7) is 2.61. The summed E-state index contributed by atoms with van der Waals surface area (Å²) in [5, 5.41) is 13.2. The van der Waals surface area contributed by atoms with Gasteiger partial charge in [0.1, 0.15) is 11.8 Å². The van der Waals surface area contributed by atoms with Crippen LogP contribution in [-0.2, 0) is 17.1 Å². The Hall–Kier alpha value is -5.28. The van der Waals surface area contributed by atoms with E-state index >= 15 is 0 Å². The number of hydrogen-bond acceptors (Lipinski definition) is 6. The van der Waals surface area contributed by atoms with Crippen molar-refractivity contribution in [2.24, 2.45) is 0 Å². The molecule has 0 fully saturated rings. The lowest BCUT2D eigenvalue weighted by Gasteiger charge is -2.28. The number of amides is 1. The molecule has 224 valence electrons. The standard InChI is InChI=1S/C36H32N6O2S/c1-24-32(34(43)38-29-18-10-12-20-31(29)44-2)33(42-35(37-24)39-36(40-42)45-23-26-15-7-4-8-16-26)28-22-41(21-25-13-5-3-6-14-25)30-19-11-9-17-27(28)30/h3-20,22,33H,21,23H2,1-2H3,(H,38,43)(H,37,39,40). The van der Waals surface area contributed by atoms with Crippen LogP contribution in [0.25, 0.3) is 10.9 Å². The molecular weight excluding hydrogens is 581 g/mol. The van der Waals surface area contributed by atoms with Crippen molar-refractivity contribution in [1.29, 1.82) is 0 Å². The highest BCUT2D eigenvalue weighted by atomic mass is 32.2. The highest BCUT2D eigenvalue weighted by molar-refractivity contribution is 7.98. The highest BCUT2D eigenvalue weighted by Crippen LogP contribution is 2.41. The van der Waals surface area contributed by atoms with E-state index < -0.39 is 6.04 Å². The third kappa shape index (κ3) is 5.70. The third-order valence-corrected chi connectivity index (χ3v) is 8.86. The maximum absolute atomic E-state index is 14.3. The molecule has 3 heterocycles. The predicted octanol–water partition coefficient (Wildman–Crippen LogP) is 7.51. The van der Waals surface area contributed by atoms with E-state index in [4.69, 9.17) is 14.8 Å². The van der Waals surface area contributed by atoms with Crippen molar-refractivity contribution in [3.05, 3.63) is 143 Å². The van der Waals surface area contributed by atoms with Gasteiger partial charge in [-0.2, -0.15) is 4.98 Å². The van der Waals surface area contributed by atoms with Gasteiger partial charge >= 0.3 is 0 Å². The van der Waals surface area contributed by atoms with Gasteiger partial charge in [0.2, 0.25) is 11.1 Å². The molecule has 45 heavy (non-hydrogen) atoms.